The van der Waals surface area contributed by atoms with Crippen molar-refractivity contribution in [2.24, 2.45) is 7.05 Å². The first-order valence-electron chi connectivity index (χ1n) is 11.0. The molecule has 1 heterocycles. The zero-order valence-corrected chi connectivity index (χ0v) is 19.7. The van der Waals surface area contributed by atoms with Gasteiger partial charge in [0.1, 0.15) is 5.82 Å². The normalized spacial score (nSPS) is 9.53. The highest BCUT2D eigenvalue weighted by molar-refractivity contribution is 5.42. The maximum absolute atomic E-state index is 12.7. The van der Waals surface area contributed by atoms with Crippen molar-refractivity contribution in [3.8, 4) is 6.07 Å². The van der Waals surface area contributed by atoms with Gasteiger partial charge in [-0.3, -0.25) is 13.9 Å². The Balaban J connectivity index is 0.00000154. The van der Waals surface area contributed by atoms with E-state index in [0.29, 0.717) is 17.9 Å². The molecule has 6 heteroatoms. The number of rotatable bonds is 7. The second-order valence-corrected chi connectivity index (χ2v) is 6.68. The molecule has 30 heavy (non-hydrogen) atoms. The summed E-state index contributed by atoms with van der Waals surface area (Å²) in [5.41, 5.74) is 0.606. The topological polar surface area (TPSA) is 71.0 Å². The number of benzene rings is 1. The van der Waals surface area contributed by atoms with Crippen LogP contribution in [0.25, 0.3) is 0 Å². The van der Waals surface area contributed by atoms with E-state index in [-0.39, 0.29) is 17.8 Å². The molecule has 2 aromatic rings. The number of nitrogens with zero attached hydrogens (tertiary/aromatic N) is 4. The lowest BCUT2D eigenvalue weighted by Gasteiger charge is -2.26. The minimum Gasteiger partial charge on any atom is -0.358 e. The van der Waals surface area contributed by atoms with E-state index in [1.807, 2.05) is 37.8 Å². The van der Waals surface area contributed by atoms with Crippen LogP contribution < -0.4 is 16.1 Å². The van der Waals surface area contributed by atoms with Crippen molar-refractivity contribution in [3.05, 3.63) is 62.3 Å². The van der Waals surface area contributed by atoms with Crippen LogP contribution in [0.4, 0.5) is 5.82 Å². The lowest BCUT2D eigenvalue weighted by Crippen LogP contribution is -2.42. The number of hydrogen-bond donors (Lipinski definition) is 0. The van der Waals surface area contributed by atoms with Gasteiger partial charge >= 0.3 is 5.69 Å². The summed E-state index contributed by atoms with van der Waals surface area (Å²) in [7, 11) is 1.48. The van der Waals surface area contributed by atoms with Crippen LogP contribution >= 0.6 is 0 Å². The number of hydrogen-bond acceptors (Lipinski definition) is 4. The molecule has 0 fully saturated rings. The first-order valence-corrected chi connectivity index (χ1v) is 11.0. The predicted molar refractivity (Wildman–Crippen MR) is 126 cm³/mol. The minimum atomic E-state index is -0.370. The fourth-order valence-electron chi connectivity index (χ4n) is 2.79. The Morgan fingerprint density at radius 2 is 1.67 bits per heavy atom. The average molecular weight is 415 g/mol. The van der Waals surface area contributed by atoms with Gasteiger partial charge in [0, 0.05) is 26.2 Å². The van der Waals surface area contributed by atoms with Crippen molar-refractivity contribution < 1.29 is 0 Å². The van der Waals surface area contributed by atoms with Gasteiger partial charge in [-0.05, 0) is 25.0 Å². The number of nitriles is 1. The maximum atomic E-state index is 12.7. The highest BCUT2D eigenvalue weighted by atomic mass is 16.2. The fourth-order valence-corrected chi connectivity index (χ4v) is 2.79. The summed E-state index contributed by atoms with van der Waals surface area (Å²) in [4.78, 5) is 26.9. The molecule has 6 nitrogen and oxygen atoms in total. The molecule has 2 rings (SSSR count). The predicted octanol–water partition coefficient (Wildman–Crippen LogP) is 4.54. The van der Waals surface area contributed by atoms with Crippen molar-refractivity contribution in [3.63, 3.8) is 0 Å². The quantitative estimate of drug-likeness (QED) is 0.667. The molecule has 0 amide bonds. The van der Waals surface area contributed by atoms with E-state index in [4.69, 9.17) is 0 Å². The van der Waals surface area contributed by atoms with Crippen molar-refractivity contribution in [1.29, 1.82) is 5.26 Å². The van der Waals surface area contributed by atoms with Crippen molar-refractivity contribution >= 4 is 5.82 Å². The lowest BCUT2D eigenvalue weighted by molar-refractivity contribution is 0.617. The van der Waals surface area contributed by atoms with E-state index in [1.165, 1.54) is 19.5 Å². The van der Waals surface area contributed by atoms with Crippen molar-refractivity contribution in [2.75, 3.05) is 18.0 Å². The van der Waals surface area contributed by atoms with Crippen LogP contribution in [0.5, 0.6) is 0 Å². The van der Waals surface area contributed by atoms with E-state index in [0.717, 1.165) is 29.5 Å². The van der Waals surface area contributed by atoms with Gasteiger partial charge in [-0.2, -0.15) is 5.26 Å². The molecule has 1 aromatic heterocycles. The molecule has 0 atom stereocenters. The van der Waals surface area contributed by atoms with Gasteiger partial charge in [0.25, 0.3) is 5.56 Å². The Morgan fingerprint density at radius 1 is 1.07 bits per heavy atom. The van der Waals surface area contributed by atoms with Gasteiger partial charge in [0.05, 0.1) is 18.2 Å². The van der Waals surface area contributed by atoms with E-state index < -0.39 is 0 Å². The molecule has 0 aliphatic rings. The third kappa shape index (κ3) is 7.55. The standard InChI is InChI=1S/C19H24N4O2.C3H8.C2H6/c1-4-6-11-22(5-2)17-12-18(24)21(3)19(25)23(17)14-16-10-8-7-9-15(16)13-20;1-3-2;1-2/h7-10,12H,4-6,11,14H2,1-3H3;3H2,1-2H3;1-2H3. The van der Waals surface area contributed by atoms with Crippen LogP contribution in [-0.2, 0) is 13.6 Å². The van der Waals surface area contributed by atoms with Gasteiger partial charge in [0.15, 0.2) is 0 Å². The molecule has 0 saturated heterocycles. The maximum Gasteiger partial charge on any atom is 0.332 e. The molecular formula is C24H38N4O2. The van der Waals surface area contributed by atoms with E-state index >= 15 is 0 Å². The van der Waals surface area contributed by atoms with Crippen LogP contribution in [-0.4, -0.2) is 22.2 Å². The molecule has 0 bridgehead atoms. The fraction of sp³-hybridized carbons (Fsp3) is 0.542. The molecule has 1 aromatic carbocycles. The Hall–Kier alpha value is -2.81. The minimum absolute atomic E-state index is 0.259. The Morgan fingerprint density at radius 3 is 2.20 bits per heavy atom. The first kappa shape index (κ1) is 27.2. The van der Waals surface area contributed by atoms with Gasteiger partial charge < -0.3 is 4.90 Å². The van der Waals surface area contributed by atoms with Gasteiger partial charge in [0.2, 0.25) is 0 Å². The number of unbranched alkanes of at least 4 members (excludes halogenated alkanes) is 1. The van der Waals surface area contributed by atoms with Crippen LogP contribution in [0.3, 0.4) is 0 Å². The molecule has 0 N–H and O–H groups in total. The lowest BCUT2D eigenvalue weighted by atomic mass is 10.1. The van der Waals surface area contributed by atoms with Crippen LogP contribution in [0.15, 0.2) is 39.9 Å². The van der Waals surface area contributed by atoms with Gasteiger partial charge in [-0.15, -0.1) is 0 Å². The van der Waals surface area contributed by atoms with Gasteiger partial charge in [-0.1, -0.05) is 65.7 Å². The summed E-state index contributed by atoms with van der Waals surface area (Å²) in [6, 6.07) is 10.9. The number of aromatic nitrogens is 2. The Labute approximate surface area is 181 Å². The third-order valence-electron chi connectivity index (χ3n) is 4.33. The first-order chi connectivity index (χ1) is 14.4. The SMILES string of the molecule is CC.CCC.CCCCN(CC)c1cc(=O)n(C)c(=O)n1Cc1ccccc1C#N. The smallest absolute Gasteiger partial charge is 0.332 e. The average Bonchev–Trinajstić information content (AvgIpc) is 2.77. The van der Waals surface area contributed by atoms with Crippen LogP contribution in [0.2, 0.25) is 0 Å². The second-order valence-electron chi connectivity index (χ2n) is 6.68. The van der Waals surface area contributed by atoms with Crippen molar-refractivity contribution in [2.45, 2.75) is 67.3 Å². The largest absolute Gasteiger partial charge is 0.358 e. The highest BCUT2D eigenvalue weighted by Crippen LogP contribution is 2.15. The molecule has 0 unspecified atom stereocenters. The Bertz CT molecular complexity index is 907. The molecule has 0 radical (unpaired) electrons. The Kier molecular flexibility index (Phi) is 13.7. The molecule has 0 spiro atoms. The third-order valence-corrected chi connectivity index (χ3v) is 4.33. The monoisotopic (exact) mass is 414 g/mol. The summed E-state index contributed by atoms with van der Waals surface area (Å²) in [6.07, 6.45) is 3.26. The molecular weight excluding hydrogens is 376 g/mol. The molecule has 166 valence electrons. The second kappa shape index (κ2) is 15.1. The molecule has 0 aliphatic heterocycles. The van der Waals surface area contributed by atoms with Crippen LogP contribution in [0.1, 0.15) is 71.9 Å². The summed E-state index contributed by atoms with van der Waals surface area (Å²) in [5.74, 6) is 0.608. The summed E-state index contributed by atoms with van der Waals surface area (Å²) < 4.78 is 2.68. The molecule has 0 saturated carbocycles. The summed E-state index contributed by atoms with van der Waals surface area (Å²) in [6.45, 7) is 14.1. The summed E-state index contributed by atoms with van der Waals surface area (Å²) in [5, 5.41) is 9.30. The van der Waals surface area contributed by atoms with E-state index in [9.17, 15) is 14.9 Å². The van der Waals surface area contributed by atoms with E-state index in [2.05, 4.69) is 26.8 Å². The van der Waals surface area contributed by atoms with Gasteiger partial charge in [-0.25, -0.2) is 4.79 Å². The zero-order chi connectivity index (χ0) is 23.1. The van der Waals surface area contributed by atoms with Crippen molar-refractivity contribution in [1.82, 2.24) is 9.13 Å². The number of anilines is 1. The molecule has 0 aliphatic carbocycles. The van der Waals surface area contributed by atoms with Crippen LogP contribution in [0, 0.1) is 11.3 Å². The zero-order valence-electron chi connectivity index (χ0n) is 19.7. The highest BCUT2D eigenvalue weighted by Gasteiger charge is 2.15. The van der Waals surface area contributed by atoms with E-state index in [1.54, 1.807) is 16.7 Å². The summed E-state index contributed by atoms with van der Waals surface area (Å²) >= 11 is 0.